The quantitative estimate of drug-likeness (QED) is 0.331. The van der Waals surface area contributed by atoms with Crippen LogP contribution in [0.4, 0.5) is 0 Å². The molecule has 2 amide bonds. The Morgan fingerprint density at radius 3 is 2.35 bits per heavy atom. The SMILES string of the molecule is CCNC(=NCc1ccc(C(=O)NC)cc1)NCC(=O)N1CCCC1.I. The third-order valence-corrected chi connectivity index (χ3v) is 4.07. The lowest BCUT2D eigenvalue weighted by Gasteiger charge is -2.17. The number of hydrogen-bond donors (Lipinski definition) is 3. The van der Waals surface area contributed by atoms with Gasteiger partial charge in [0, 0.05) is 32.2 Å². The first kappa shape index (κ1) is 22.2. The van der Waals surface area contributed by atoms with Gasteiger partial charge in [-0.2, -0.15) is 0 Å². The van der Waals surface area contributed by atoms with Crippen molar-refractivity contribution >= 4 is 41.8 Å². The Morgan fingerprint density at radius 2 is 1.77 bits per heavy atom. The van der Waals surface area contributed by atoms with E-state index in [1.54, 1.807) is 19.2 Å². The zero-order chi connectivity index (χ0) is 18.1. The molecule has 1 fully saturated rings. The number of guanidine groups is 1. The summed E-state index contributed by atoms with van der Waals surface area (Å²) in [6.45, 7) is 5.14. The second-order valence-electron chi connectivity index (χ2n) is 5.91. The molecule has 1 heterocycles. The highest BCUT2D eigenvalue weighted by Gasteiger charge is 2.17. The number of aliphatic imine (C=N–C) groups is 1. The van der Waals surface area contributed by atoms with Crippen LogP contribution in [0.25, 0.3) is 0 Å². The van der Waals surface area contributed by atoms with Gasteiger partial charge in [-0.25, -0.2) is 4.99 Å². The van der Waals surface area contributed by atoms with Crippen molar-refractivity contribution in [1.29, 1.82) is 0 Å². The lowest BCUT2D eigenvalue weighted by Crippen LogP contribution is -2.44. The van der Waals surface area contributed by atoms with E-state index in [1.807, 2.05) is 24.0 Å². The van der Waals surface area contributed by atoms with Crippen molar-refractivity contribution < 1.29 is 9.59 Å². The van der Waals surface area contributed by atoms with E-state index in [9.17, 15) is 9.59 Å². The van der Waals surface area contributed by atoms with E-state index >= 15 is 0 Å². The molecule has 0 radical (unpaired) electrons. The lowest BCUT2D eigenvalue weighted by atomic mass is 10.1. The van der Waals surface area contributed by atoms with Gasteiger partial charge >= 0.3 is 0 Å². The molecular formula is C18H28IN5O2. The third-order valence-electron chi connectivity index (χ3n) is 4.07. The topological polar surface area (TPSA) is 85.8 Å². The Hall–Kier alpha value is -1.84. The predicted molar refractivity (Wildman–Crippen MR) is 114 cm³/mol. The summed E-state index contributed by atoms with van der Waals surface area (Å²) in [7, 11) is 1.61. The highest BCUT2D eigenvalue weighted by atomic mass is 127. The average molecular weight is 473 g/mol. The largest absolute Gasteiger partial charge is 0.357 e. The van der Waals surface area contributed by atoms with Crippen molar-refractivity contribution in [3.05, 3.63) is 35.4 Å². The van der Waals surface area contributed by atoms with Crippen LogP contribution in [0.5, 0.6) is 0 Å². The van der Waals surface area contributed by atoms with Crippen molar-refractivity contribution in [1.82, 2.24) is 20.9 Å². The first-order valence-electron chi connectivity index (χ1n) is 8.75. The first-order valence-corrected chi connectivity index (χ1v) is 8.75. The van der Waals surface area contributed by atoms with Crippen molar-refractivity contribution in [2.24, 2.45) is 4.99 Å². The fourth-order valence-electron chi connectivity index (χ4n) is 2.66. The highest BCUT2D eigenvalue weighted by molar-refractivity contribution is 14.0. The summed E-state index contributed by atoms with van der Waals surface area (Å²) < 4.78 is 0. The molecule has 0 aromatic heterocycles. The van der Waals surface area contributed by atoms with Crippen LogP contribution < -0.4 is 16.0 Å². The van der Waals surface area contributed by atoms with Crippen LogP contribution in [-0.4, -0.2) is 55.9 Å². The molecule has 3 N–H and O–H groups in total. The van der Waals surface area contributed by atoms with E-state index in [4.69, 9.17) is 0 Å². The molecule has 144 valence electrons. The van der Waals surface area contributed by atoms with Crippen LogP contribution in [0.3, 0.4) is 0 Å². The number of benzene rings is 1. The molecular weight excluding hydrogens is 445 g/mol. The van der Waals surface area contributed by atoms with Gasteiger partial charge in [0.25, 0.3) is 5.91 Å². The number of carbonyl (C=O) groups is 2. The fourth-order valence-corrected chi connectivity index (χ4v) is 2.66. The van der Waals surface area contributed by atoms with Crippen molar-refractivity contribution in [3.8, 4) is 0 Å². The lowest BCUT2D eigenvalue weighted by molar-refractivity contribution is -0.128. The molecule has 0 spiro atoms. The normalized spacial score (nSPS) is 13.8. The van der Waals surface area contributed by atoms with E-state index in [0.29, 0.717) is 18.1 Å². The maximum Gasteiger partial charge on any atom is 0.251 e. The van der Waals surface area contributed by atoms with E-state index in [-0.39, 0.29) is 42.3 Å². The van der Waals surface area contributed by atoms with E-state index in [0.717, 1.165) is 38.0 Å². The Balaban J connectivity index is 0.00000338. The minimum Gasteiger partial charge on any atom is -0.357 e. The van der Waals surface area contributed by atoms with Gasteiger partial charge in [0.1, 0.15) is 0 Å². The number of amides is 2. The number of rotatable bonds is 6. The Kier molecular flexibility index (Phi) is 10.0. The van der Waals surface area contributed by atoms with Crippen LogP contribution in [0.2, 0.25) is 0 Å². The van der Waals surface area contributed by atoms with Gasteiger partial charge in [0.2, 0.25) is 5.91 Å². The van der Waals surface area contributed by atoms with Crippen LogP contribution in [0.1, 0.15) is 35.7 Å². The van der Waals surface area contributed by atoms with Crippen LogP contribution >= 0.6 is 24.0 Å². The van der Waals surface area contributed by atoms with Gasteiger partial charge in [-0.05, 0) is 37.5 Å². The van der Waals surface area contributed by atoms with Gasteiger partial charge in [0.15, 0.2) is 5.96 Å². The van der Waals surface area contributed by atoms with Crippen molar-refractivity contribution in [2.75, 3.05) is 33.2 Å². The molecule has 7 nitrogen and oxygen atoms in total. The van der Waals surface area contributed by atoms with E-state index < -0.39 is 0 Å². The molecule has 1 aromatic rings. The molecule has 1 aliphatic heterocycles. The third kappa shape index (κ3) is 6.81. The smallest absolute Gasteiger partial charge is 0.251 e. The maximum atomic E-state index is 12.1. The number of hydrogen-bond acceptors (Lipinski definition) is 3. The second-order valence-corrected chi connectivity index (χ2v) is 5.91. The fraction of sp³-hybridized carbons (Fsp3) is 0.500. The summed E-state index contributed by atoms with van der Waals surface area (Å²) in [5, 5.41) is 8.83. The molecule has 0 unspecified atom stereocenters. The minimum absolute atomic E-state index is 0. The summed E-state index contributed by atoms with van der Waals surface area (Å²) in [5.41, 5.74) is 1.62. The van der Waals surface area contributed by atoms with Gasteiger partial charge in [-0.15, -0.1) is 24.0 Å². The molecule has 0 bridgehead atoms. The summed E-state index contributed by atoms with van der Waals surface area (Å²) in [6, 6.07) is 7.32. The van der Waals surface area contributed by atoms with Crippen LogP contribution in [-0.2, 0) is 11.3 Å². The molecule has 0 aliphatic carbocycles. The molecule has 26 heavy (non-hydrogen) atoms. The first-order chi connectivity index (χ1) is 12.1. The standard InChI is InChI=1S/C18H27N5O2.HI/c1-3-20-18(22-13-16(24)23-10-4-5-11-23)21-12-14-6-8-15(9-7-14)17(25)19-2;/h6-9H,3-5,10-13H2,1-2H3,(H,19,25)(H2,20,21,22);1H. The van der Waals surface area contributed by atoms with Gasteiger partial charge in [-0.3, -0.25) is 9.59 Å². The molecule has 0 atom stereocenters. The molecule has 1 aromatic carbocycles. The molecule has 0 saturated carbocycles. The van der Waals surface area contributed by atoms with Gasteiger partial charge in [-0.1, -0.05) is 12.1 Å². The van der Waals surface area contributed by atoms with Crippen LogP contribution in [0.15, 0.2) is 29.3 Å². The summed E-state index contributed by atoms with van der Waals surface area (Å²) >= 11 is 0. The summed E-state index contributed by atoms with van der Waals surface area (Å²) in [4.78, 5) is 30.0. The highest BCUT2D eigenvalue weighted by Crippen LogP contribution is 2.07. The molecule has 1 saturated heterocycles. The number of carbonyl (C=O) groups excluding carboxylic acids is 2. The Labute approximate surface area is 172 Å². The zero-order valence-corrected chi connectivity index (χ0v) is 17.7. The average Bonchev–Trinajstić information content (AvgIpc) is 3.18. The van der Waals surface area contributed by atoms with E-state index in [2.05, 4.69) is 20.9 Å². The molecule has 2 rings (SSSR count). The predicted octanol–water partition coefficient (Wildman–Crippen LogP) is 1.34. The number of nitrogens with one attached hydrogen (secondary N) is 3. The van der Waals surface area contributed by atoms with Gasteiger partial charge < -0.3 is 20.9 Å². The van der Waals surface area contributed by atoms with Crippen LogP contribution in [0, 0.1) is 0 Å². The second kappa shape index (κ2) is 11.7. The molecule has 8 heteroatoms. The maximum absolute atomic E-state index is 12.1. The van der Waals surface area contributed by atoms with E-state index in [1.165, 1.54) is 0 Å². The Bertz CT molecular complexity index is 613. The van der Waals surface area contributed by atoms with Crippen molar-refractivity contribution in [2.45, 2.75) is 26.3 Å². The monoisotopic (exact) mass is 473 g/mol. The number of nitrogens with zero attached hydrogens (tertiary/aromatic N) is 2. The van der Waals surface area contributed by atoms with Crippen molar-refractivity contribution in [3.63, 3.8) is 0 Å². The minimum atomic E-state index is -0.106. The number of likely N-dealkylation sites (tertiary alicyclic amines) is 1. The summed E-state index contributed by atoms with van der Waals surface area (Å²) in [5.74, 6) is 0.619. The van der Waals surface area contributed by atoms with Gasteiger partial charge in [0.05, 0.1) is 13.1 Å². The molecule has 1 aliphatic rings. The summed E-state index contributed by atoms with van der Waals surface area (Å²) in [6.07, 6.45) is 2.18. The number of halogens is 1. The zero-order valence-electron chi connectivity index (χ0n) is 15.4. The Morgan fingerprint density at radius 1 is 1.12 bits per heavy atom.